The predicted octanol–water partition coefficient (Wildman–Crippen LogP) is 4.95. The summed E-state index contributed by atoms with van der Waals surface area (Å²) in [5, 5.41) is 6.06. The number of nitrogens with zero attached hydrogens (tertiary/aromatic N) is 1. The number of anilines is 3. The zero-order valence-electron chi connectivity index (χ0n) is 20.3. The van der Waals surface area contributed by atoms with Gasteiger partial charge >= 0.3 is 0 Å². The fraction of sp³-hybridized carbons (Fsp3) is 0.276. The zero-order chi connectivity index (χ0) is 25.9. The summed E-state index contributed by atoms with van der Waals surface area (Å²) in [5.74, 6) is -0.840. The van der Waals surface area contributed by atoms with Gasteiger partial charge in [-0.25, -0.2) is 4.39 Å². The molecule has 3 aromatic rings. The van der Waals surface area contributed by atoms with Gasteiger partial charge in [0.25, 0.3) is 5.91 Å². The Morgan fingerprint density at radius 2 is 1.70 bits per heavy atom. The van der Waals surface area contributed by atoms with Gasteiger partial charge in [0.15, 0.2) is 0 Å². The second-order valence-electron chi connectivity index (χ2n) is 9.61. The monoisotopic (exact) mass is 500 g/mol. The minimum Gasteiger partial charge on any atom is -0.370 e. The summed E-state index contributed by atoms with van der Waals surface area (Å²) >= 11 is 0. The molecule has 4 N–H and O–H groups in total. The third-order valence-corrected chi connectivity index (χ3v) is 7.25. The average molecular weight is 501 g/mol. The van der Waals surface area contributed by atoms with Gasteiger partial charge in [-0.1, -0.05) is 36.4 Å². The van der Waals surface area contributed by atoms with Crippen molar-refractivity contribution in [2.45, 2.75) is 44.4 Å². The van der Waals surface area contributed by atoms with E-state index in [9.17, 15) is 18.8 Å². The van der Waals surface area contributed by atoms with Gasteiger partial charge < -0.3 is 21.3 Å². The number of nitrogens with one attached hydrogen (secondary N) is 2. The van der Waals surface area contributed by atoms with Crippen LogP contribution in [0.1, 0.15) is 53.2 Å². The number of piperidine rings is 2. The van der Waals surface area contributed by atoms with Crippen molar-refractivity contribution >= 4 is 34.8 Å². The molecule has 6 rings (SSSR count). The molecule has 2 bridgehead atoms. The number of primary amides is 1. The van der Waals surface area contributed by atoms with Crippen LogP contribution in [0.4, 0.5) is 21.5 Å². The number of benzene rings is 3. The first-order valence-electron chi connectivity index (χ1n) is 12.5. The number of rotatable bonds is 8. The van der Waals surface area contributed by atoms with Gasteiger partial charge in [-0.3, -0.25) is 14.4 Å². The summed E-state index contributed by atoms with van der Waals surface area (Å²) in [5.41, 5.74) is 8.38. The smallest absolute Gasteiger partial charge is 0.251 e. The maximum Gasteiger partial charge on any atom is 0.251 e. The molecule has 190 valence electrons. The number of carbonyl (C=O) groups is 3. The number of halogens is 1. The van der Waals surface area contributed by atoms with Crippen molar-refractivity contribution in [1.82, 2.24) is 0 Å². The van der Waals surface area contributed by atoms with E-state index in [1.165, 1.54) is 0 Å². The Balaban J connectivity index is 1.40. The number of amides is 3. The molecule has 1 aliphatic carbocycles. The van der Waals surface area contributed by atoms with Crippen LogP contribution in [-0.4, -0.2) is 23.8 Å². The summed E-state index contributed by atoms with van der Waals surface area (Å²) < 4.78 is 14.1. The number of fused-ring (bicyclic) bond motifs is 3. The van der Waals surface area contributed by atoms with E-state index >= 15 is 0 Å². The van der Waals surface area contributed by atoms with Gasteiger partial charge in [-0.2, -0.15) is 0 Å². The predicted molar refractivity (Wildman–Crippen MR) is 141 cm³/mol. The second-order valence-corrected chi connectivity index (χ2v) is 9.61. The van der Waals surface area contributed by atoms with Crippen molar-refractivity contribution in [3.8, 4) is 0 Å². The third-order valence-electron chi connectivity index (χ3n) is 7.25. The Morgan fingerprint density at radius 1 is 0.946 bits per heavy atom. The fourth-order valence-corrected chi connectivity index (χ4v) is 5.37. The number of nitrogens with two attached hydrogens (primary N) is 1. The molecule has 3 fully saturated rings. The van der Waals surface area contributed by atoms with Crippen LogP contribution in [0, 0.1) is 5.92 Å². The lowest BCUT2D eigenvalue weighted by Crippen LogP contribution is -2.52. The van der Waals surface area contributed by atoms with Gasteiger partial charge in [0.2, 0.25) is 11.8 Å². The Kier molecular flexibility index (Phi) is 6.90. The largest absolute Gasteiger partial charge is 0.370 e. The first-order chi connectivity index (χ1) is 17.9. The molecule has 3 aliphatic rings. The Hall–Kier alpha value is -4.20. The maximum absolute atomic E-state index is 14.1. The first kappa shape index (κ1) is 24.5. The van der Waals surface area contributed by atoms with E-state index in [0.717, 1.165) is 25.7 Å². The normalized spacial score (nSPS) is 19.4. The highest BCUT2D eigenvalue weighted by molar-refractivity contribution is 6.00. The van der Waals surface area contributed by atoms with E-state index in [1.807, 2.05) is 30.3 Å². The Labute approximate surface area is 214 Å². The van der Waals surface area contributed by atoms with Gasteiger partial charge in [0.05, 0.1) is 0 Å². The van der Waals surface area contributed by atoms with E-state index in [1.54, 1.807) is 47.4 Å². The van der Waals surface area contributed by atoms with Crippen LogP contribution in [0.3, 0.4) is 0 Å². The molecular weight excluding hydrogens is 471 g/mol. The molecule has 1 unspecified atom stereocenters. The lowest BCUT2D eigenvalue weighted by atomic mass is 9.79. The van der Waals surface area contributed by atoms with Crippen LogP contribution < -0.4 is 21.3 Å². The molecule has 2 saturated heterocycles. The van der Waals surface area contributed by atoms with Crippen LogP contribution in [-0.2, 0) is 16.3 Å². The third kappa shape index (κ3) is 5.05. The van der Waals surface area contributed by atoms with Gasteiger partial charge in [-0.05, 0) is 67.6 Å². The van der Waals surface area contributed by atoms with E-state index in [0.29, 0.717) is 33.8 Å². The van der Waals surface area contributed by atoms with Crippen molar-refractivity contribution in [2.75, 3.05) is 15.5 Å². The van der Waals surface area contributed by atoms with E-state index in [-0.39, 0.29) is 23.8 Å². The van der Waals surface area contributed by atoms with Crippen LogP contribution in [0.25, 0.3) is 0 Å². The van der Waals surface area contributed by atoms with E-state index in [2.05, 4.69) is 10.6 Å². The van der Waals surface area contributed by atoms with Crippen molar-refractivity contribution in [2.24, 2.45) is 11.7 Å². The first-order valence-corrected chi connectivity index (χ1v) is 12.5. The molecule has 0 spiro atoms. The lowest BCUT2D eigenvalue weighted by Gasteiger charge is -2.45. The van der Waals surface area contributed by atoms with Crippen LogP contribution in [0.5, 0.6) is 0 Å². The lowest BCUT2D eigenvalue weighted by molar-refractivity contribution is -0.127. The van der Waals surface area contributed by atoms with E-state index in [4.69, 9.17) is 5.73 Å². The SMILES string of the molecule is NC(=O)c1cccc(NC(C(=O)Nc2ccc(N3C(=O)C4CCC3CC4)c(CF)c2)c2ccccc2)c1. The highest BCUT2D eigenvalue weighted by Crippen LogP contribution is 2.40. The maximum atomic E-state index is 14.1. The highest BCUT2D eigenvalue weighted by Gasteiger charge is 2.41. The standard InChI is InChI=1S/C29H29FN4O3/c30-17-21-16-23(11-14-25(21)34-24-12-9-19(10-13-24)29(34)37)33-28(36)26(18-5-2-1-3-6-18)32-22-8-4-7-20(15-22)27(31)35/h1-8,11,14-16,19,24,26,32H,9-10,12-13,17H2,(H2,31,35)(H,33,36). The van der Waals surface area contributed by atoms with E-state index < -0.39 is 18.6 Å². The molecule has 0 aromatic heterocycles. The molecule has 1 atom stereocenters. The molecule has 3 amide bonds. The van der Waals surface area contributed by atoms with Crippen molar-refractivity contribution in [3.63, 3.8) is 0 Å². The van der Waals surface area contributed by atoms with Crippen molar-refractivity contribution in [1.29, 1.82) is 0 Å². The summed E-state index contributed by atoms with van der Waals surface area (Å²) in [6.45, 7) is -0.750. The van der Waals surface area contributed by atoms with Gasteiger partial charge in [-0.15, -0.1) is 0 Å². The quantitative estimate of drug-likeness (QED) is 0.407. The second kappa shape index (κ2) is 10.4. The molecular formula is C29H29FN4O3. The van der Waals surface area contributed by atoms with Crippen LogP contribution in [0.2, 0.25) is 0 Å². The number of carbonyl (C=O) groups excluding carboxylic acids is 3. The minimum absolute atomic E-state index is 0.0163. The molecule has 3 aromatic carbocycles. The number of hydrogen-bond donors (Lipinski definition) is 3. The number of alkyl halides is 1. The number of hydrogen-bond acceptors (Lipinski definition) is 4. The highest BCUT2D eigenvalue weighted by atomic mass is 19.1. The van der Waals surface area contributed by atoms with Gasteiger partial charge in [0.1, 0.15) is 12.7 Å². The Bertz CT molecular complexity index is 1320. The molecule has 8 heteroatoms. The van der Waals surface area contributed by atoms with Gasteiger partial charge in [0, 0.05) is 40.1 Å². The molecule has 7 nitrogen and oxygen atoms in total. The summed E-state index contributed by atoms with van der Waals surface area (Å²) in [6.07, 6.45) is 3.66. The average Bonchev–Trinajstić information content (AvgIpc) is 2.93. The van der Waals surface area contributed by atoms with Crippen molar-refractivity contribution < 1.29 is 18.8 Å². The molecule has 2 heterocycles. The topological polar surface area (TPSA) is 105 Å². The minimum atomic E-state index is -0.794. The van der Waals surface area contributed by atoms with Crippen molar-refractivity contribution in [3.05, 3.63) is 89.5 Å². The summed E-state index contributed by atoms with van der Waals surface area (Å²) in [7, 11) is 0. The molecule has 37 heavy (non-hydrogen) atoms. The fourth-order valence-electron chi connectivity index (χ4n) is 5.37. The Morgan fingerprint density at radius 3 is 2.38 bits per heavy atom. The molecule has 0 radical (unpaired) electrons. The van der Waals surface area contributed by atoms with Crippen LogP contribution >= 0.6 is 0 Å². The van der Waals surface area contributed by atoms with Crippen LogP contribution in [0.15, 0.2) is 72.8 Å². The summed E-state index contributed by atoms with van der Waals surface area (Å²) in [6, 6.07) is 20.1. The zero-order valence-corrected chi connectivity index (χ0v) is 20.3. The molecule has 2 aliphatic heterocycles. The molecule has 1 saturated carbocycles. The summed E-state index contributed by atoms with van der Waals surface area (Å²) in [4.78, 5) is 39.7.